The molecule has 0 spiro atoms. The van der Waals surface area contributed by atoms with Crippen LogP contribution in [0, 0.1) is 17.1 Å². The average molecular weight is 247 g/mol. The number of nitrogens with one attached hydrogen (secondary N) is 1. The van der Waals surface area contributed by atoms with E-state index in [-0.39, 0.29) is 5.56 Å². The monoisotopic (exact) mass is 246 g/mol. The van der Waals surface area contributed by atoms with E-state index in [1.807, 2.05) is 6.07 Å². The molecule has 0 radical (unpaired) electrons. The van der Waals surface area contributed by atoms with Crippen molar-refractivity contribution in [3.05, 3.63) is 58.9 Å². The molecule has 0 aliphatic carbocycles. The van der Waals surface area contributed by atoms with Gasteiger partial charge < -0.3 is 5.32 Å². The van der Waals surface area contributed by atoms with Crippen molar-refractivity contribution in [2.75, 3.05) is 5.32 Å². The maximum Gasteiger partial charge on any atom is 0.143 e. The van der Waals surface area contributed by atoms with E-state index in [0.717, 1.165) is 5.69 Å². The zero-order valence-electron chi connectivity index (χ0n) is 8.74. The Morgan fingerprint density at radius 3 is 2.53 bits per heavy atom. The van der Waals surface area contributed by atoms with Crippen molar-refractivity contribution in [1.82, 2.24) is 0 Å². The highest BCUT2D eigenvalue weighted by atomic mass is 35.5. The fraction of sp³-hybridized carbons (Fsp3) is 0. The highest BCUT2D eigenvalue weighted by molar-refractivity contribution is 6.30. The standard InChI is InChI=1S/C13H8ClFN2/c14-10-2-1-3-11(6-10)17-12-5-4-9(8-16)13(15)7-12/h1-7,17H. The van der Waals surface area contributed by atoms with Crippen LogP contribution in [0.25, 0.3) is 0 Å². The van der Waals surface area contributed by atoms with Crippen LogP contribution >= 0.6 is 11.6 Å². The Bertz CT molecular complexity index is 590. The Hall–Kier alpha value is -2.05. The van der Waals surface area contributed by atoms with Crippen LogP contribution < -0.4 is 5.32 Å². The van der Waals surface area contributed by atoms with Crippen molar-refractivity contribution >= 4 is 23.0 Å². The van der Waals surface area contributed by atoms with Gasteiger partial charge in [-0.15, -0.1) is 0 Å². The second-order valence-electron chi connectivity index (χ2n) is 3.44. The zero-order valence-corrected chi connectivity index (χ0v) is 9.50. The lowest BCUT2D eigenvalue weighted by atomic mass is 10.2. The number of hydrogen-bond acceptors (Lipinski definition) is 2. The van der Waals surface area contributed by atoms with Crippen LogP contribution in [0.5, 0.6) is 0 Å². The Labute approximate surface area is 103 Å². The summed E-state index contributed by atoms with van der Waals surface area (Å²) in [5, 5.41) is 12.2. The molecule has 1 N–H and O–H groups in total. The molecule has 2 aromatic rings. The molecule has 4 heteroatoms. The predicted molar refractivity (Wildman–Crippen MR) is 65.8 cm³/mol. The molecule has 0 atom stereocenters. The zero-order chi connectivity index (χ0) is 12.3. The number of nitrogens with zero attached hydrogens (tertiary/aromatic N) is 1. The lowest BCUT2D eigenvalue weighted by Crippen LogP contribution is -1.92. The minimum atomic E-state index is -0.542. The molecule has 2 nitrogen and oxygen atoms in total. The SMILES string of the molecule is N#Cc1ccc(Nc2cccc(Cl)c2)cc1F. The summed E-state index contributed by atoms with van der Waals surface area (Å²) in [6.45, 7) is 0. The van der Waals surface area contributed by atoms with E-state index in [9.17, 15) is 4.39 Å². The summed E-state index contributed by atoms with van der Waals surface area (Å²) in [5.74, 6) is -0.542. The number of halogens is 2. The molecule has 2 rings (SSSR count). The van der Waals surface area contributed by atoms with Gasteiger partial charge in [-0.1, -0.05) is 17.7 Å². The van der Waals surface area contributed by atoms with Crippen molar-refractivity contribution in [3.63, 3.8) is 0 Å². The number of rotatable bonds is 2. The lowest BCUT2D eigenvalue weighted by molar-refractivity contribution is 0.624. The molecular weight excluding hydrogens is 239 g/mol. The van der Waals surface area contributed by atoms with E-state index in [2.05, 4.69) is 5.32 Å². The number of nitriles is 1. The molecule has 0 aliphatic heterocycles. The molecule has 0 unspecified atom stereocenters. The van der Waals surface area contributed by atoms with E-state index in [4.69, 9.17) is 16.9 Å². The van der Waals surface area contributed by atoms with Gasteiger partial charge in [-0.2, -0.15) is 5.26 Å². The second kappa shape index (κ2) is 4.86. The van der Waals surface area contributed by atoms with E-state index in [0.29, 0.717) is 10.7 Å². The fourth-order valence-corrected chi connectivity index (χ4v) is 1.61. The third kappa shape index (κ3) is 2.74. The van der Waals surface area contributed by atoms with Gasteiger partial charge in [0.25, 0.3) is 0 Å². The van der Waals surface area contributed by atoms with Gasteiger partial charge in [0.15, 0.2) is 0 Å². The highest BCUT2D eigenvalue weighted by Gasteiger charge is 2.02. The molecule has 0 amide bonds. The van der Waals surface area contributed by atoms with Crippen molar-refractivity contribution in [2.45, 2.75) is 0 Å². The minimum absolute atomic E-state index is 0.0293. The van der Waals surface area contributed by atoms with E-state index in [1.165, 1.54) is 12.1 Å². The normalized spacial score (nSPS) is 9.71. The van der Waals surface area contributed by atoms with E-state index in [1.54, 1.807) is 30.3 Å². The smallest absolute Gasteiger partial charge is 0.143 e. The Balaban J connectivity index is 2.25. The summed E-state index contributed by atoms with van der Waals surface area (Å²) in [6.07, 6.45) is 0. The number of benzene rings is 2. The largest absolute Gasteiger partial charge is 0.355 e. The van der Waals surface area contributed by atoms with Crippen LogP contribution in [-0.4, -0.2) is 0 Å². The van der Waals surface area contributed by atoms with Crippen molar-refractivity contribution in [2.24, 2.45) is 0 Å². The Morgan fingerprint density at radius 2 is 1.88 bits per heavy atom. The maximum atomic E-state index is 13.3. The molecule has 17 heavy (non-hydrogen) atoms. The number of anilines is 2. The molecule has 2 aromatic carbocycles. The van der Waals surface area contributed by atoms with Gasteiger partial charge in [0.1, 0.15) is 11.9 Å². The molecule has 0 saturated carbocycles. The van der Waals surface area contributed by atoms with Crippen LogP contribution in [0.3, 0.4) is 0 Å². The van der Waals surface area contributed by atoms with Crippen LogP contribution in [0.15, 0.2) is 42.5 Å². The van der Waals surface area contributed by atoms with E-state index < -0.39 is 5.82 Å². The lowest BCUT2D eigenvalue weighted by Gasteiger charge is -2.07. The summed E-state index contributed by atoms with van der Waals surface area (Å²) in [6, 6.07) is 13.2. The first kappa shape index (κ1) is 11.4. The van der Waals surface area contributed by atoms with Gasteiger partial charge in [-0.3, -0.25) is 0 Å². The molecule has 0 aliphatic rings. The third-order valence-corrected chi connectivity index (χ3v) is 2.44. The minimum Gasteiger partial charge on any atom is -0.355 e. The summed E-state index contributed by atoms with van der Waals surface area (Å²) in [5.41, 5.74) is 1.37. The van der Waals surface area contributed by atoms with Gasteiger partial charge in [-0.05, 0) is 36.4 Å². The van der Waals surface area contributed by atoms with Gasteiger partial charge in [-0.25, -0.2) is 4.39 Å². The molecule has 0 fully saturated rings. The summed E-state index contributed by atoms with van der Waals surface area (Å²) < 4.78 is 13.3. The maximum absolute atomic E-state index is 13.3. The molecule has 0 bridgehead atoms. The van der Waals surface area contributed by atoms with Crippen molar-refractivity contribution in [3.8, 4) is 6.07 Å². The quantitative estimate of drug-likeness (QED) is 0.866. The summed E-state index contributed by atoms with van der Waals surface area (Å²) in [4.78, 5) is 0. The molecule has 0 saturated heterocycles. The fourth-order valence-electron chi connectivity index (χ4n) is 1.42. The topological polar surface area (TPSA) is 35.8 Å². The van der Waals surface area contributed by atoms with Crippen molar-refractivity contribution < 1.29 is 4.39 Å². The van der Waals surface area contributed by atoms with E-state index >= 15 is 0 Å². The predicted octanol–water partition coefficient (Wildman–Crippen LogP) is 4.09. The molecule has 0 aromatic heterocycles. The third-order valence-electron chi connectivity index (χ3n) is 2.20. The van der Waals surface area contributed by atoms with Crippen LogP contribution in [0.4, 0.5) is 15.8 Å². The summed E-state index contributed by atoms with van der Waals surface area (Å²) >= 11 is 5.83. The second-order valence-corrected chi connectivity index (χ2v) is 3.88. The average Bonchev–Trinajstić information content (AvgIpc) is 2.29. The van der Waals surface area contributed by atoms with Gasteiger partial charge >= 0.3 is 0 Å². The van der Waals surface area contributed by atoms with Gasteiger partial charge in [0, 0.05) is 16.4 Å². The Morgan fingerprint density at radius 1 is 1.12 bits per heavy atom. The van der Waals surface area contributed by atoms with Crippen LogP contribution in [0.1, 0.15) is 5.56 Å². The highest BCUT2D eigenvalue weighted by Crippen LogP contribution is 2.21. The van der Waals surface area contributed by atoms with Crippen LogP contribution in [0.2, 0.25) is 5.02 Å². The first-order chi connectivity index (χ1) is 8.19. The Kier molecular flexibility index (Phi) is 3.27. The first-order valence-electron chi connectivity index (χ1n) is 4.91. The van der Waals surface area contributed by atoms with Crippen LogP contribution in [-0.2, 0) is 0 Å². The molecule has 84 valence electrons. The number of hydrogen-bond donors (Lipinski definition) is 1. The first-order valence-corrected chi connectivity index (χ1v) is 5.29. The molecular formula is C13H8ClFN2. The summed E-state index contributed by atoms with van der Waals surface area (Å²) in [7, 11) is 0. The van der Waals surface area contributed by atoms with Gasteiger partial charge in [0.05, 0.1) is 5.56 Å². The van der Waals surface area contributed by atoms with Crippen molar-refractivity contribution in [1.29, 1.82) is 5.26 Å². The molecule has 0 heterocycles. The van der Waals surface area contributed by atoms with Gasteiger partial charge in [0.2, 0.25) is 0 Å².